The second kappa shape index (κ2) is 4.85. The Labute approximate surface area is 86.4 Å². The lowest BCUT2D eigenvalue weighted by Gasteiger charge is -2.11. The first-order valence-corrected chi connectivity index (χ1v) is 4.88. The van der Waals surface area contributed by atoms with Gasteiger partial charge in [0.2, 0.25) is 0 Å². The van der Waals surface area contributed by atoms with Crippen LogP contribution in [-0.4, -0.2) is 6.61 Å². The van der Waals surface area contributed by atoms with Gasteiger partial charge in [0.05, 0.1) is 6.61 Å². The van der Waals surface area contributed by atoms with Gasteiger partial charge in [-0.2, -0.15) is 0 Å². The Morgan fingerprint density at radius 1 is 1.50 bits per heavy atom. The zero-order valence-corrected chi connectivity index (χ0v) is 8.92. The topological polar surface area (TPSA) is 9.23 Å². The number of ether oxygens (including phenoxy) is 1. The fourth-order valence-corrected chi connectivity index (χ4v) is 1.29. The zero-order chi connectivity index (χ0) is 10.6. The molecule has 0 saturated heterocycles. The first-order chi connectivity index (χ1) is 6.69. The second-order valence-electron chi connectivity index (χ2n) is 3.30. The Morgan fingerprint density at radius 2 is 2.21 bits per heavy atom. The highest BCUT2D eigenvalue weighted by molar-refractivity contribution is 5.39. The molecule has 1 atom stereocenters. The molecule has 1 unspecified atom stereocenters. The van der Waals surface area contributed by atoms with Gasteiger partial charge < -0.3 is 4.74 Å². The molecule has 1 rings (SSSR count). The van der Waals surface area contributed by atoms with Crippen LogP contribution in [0.3, 0.4) is 0 Å². The number of benzene rings is 1. The van der Waals surface area contributed by atoms with E-state index in [0.717, 1.165) is 16.9 Å². The van der Waals surface area contributed by atoms with Crippen molar-refractivity contribution in [2.45, 2.75) is 19.8 Å². The standard InChI is InChI=1S/C13H17O/c1-5-10(3)12-8-7-11(4)13(9-12)14-6-2/h5,7-10H,1,3,6H2,2,4H3. The molecule has 0 fully saturated rings. The highest BCUT2D eigenvalue weighted by atomic mass is 16.5. The number of hydrogen-bond acceptors (Lipinski definition) is 1. The van der Waals surface area contributed by atoms with Crippen LogP contribution in [0.2, 0.25) is 0 Å². The molecule has 14 heavy (non-hydrogen) atoms. The molecule has 0 aliphatic heterocycles. The Morgan fingerprint density at radius 3 is 2.79 bits per heavy atom. The van der Waals surface area contributed by atoms with Crippen molar-refractivity contribution in [3.8, 4) is 5.75 Å². The Balaban J connectivity index is 2.99. The lowest BCUT2D eigenvalue weighted by atomic mass is 10.00. The van der Waals surface area contributed by atoms with Crippen LogP contribution in [0.1, 0.15) is 24.0 Å². The summed E-state index contributed by atoms with van der Waals surface area (Å²) in [5, 5.41) is 0. The molecular formula is C13H17O. The number of rotatable bonds is 4. The van der Waals surface area contributed by atoms with Gasteiger partial charge in [-0.25, -0.2) is 0 Å². The summed E-state index contributed by atoms with van der Waals surface area (Å²) < 4.78 is 5.51. The fraction of sp³-hybridized carbons (Fsp3) is 0.308. The SMILES string of the molecule is [CH2]C(C=C)c1ccc(C)c(OCC)c1. The summed E-state index contributed by atoms with van der Waals surface area (Å²) in [5.41, 5.74) is 2.31. The first kappa shape index (κ1) is 10.8. The van der Waals surface area contributed by atoms with Crippen molar-refractivity contribution in [1.82, 2.24) is 0 Å². The average Bonchev–Trinajstić information content (AvgIpc) is 2.20. The summed E-state index contributed by atoms with van der Waals surface area (Å²) >= 11 is 0. The average molecular weight is 189 g/mol. The summed E-state index contributed by atoms with van der Waals surface area (Å²) in [7, 11) is 0. The van der Waals surface area contributed by atoms with E-state index in [0.29, 0.717) is 6.61 Å². The normalized spacial score (nSPS) is 12.2. The van der Waals surface area contributed by atoms with Crippen molar-refractivity contribution in [3.63, 3.8) is 0 Å². The molecule has 0 spiro atoms. The molecule has 1 aromatic carbocycles. The lowest BCUT2D eigenvalue weighted by molar-refractivity contribution is 0.337. The van der Waals surface area contributed by atoms with Crippen LogP contribution in [0.25, 0.3) is 0 Å². The van der Waals surface area contributed by atoms with Crippen molar-refractivity contribution in [2.75, 3.05) is 6.61 Å². The van der Waals surface area contributed by atoms with Crippen LogP contribution >= 0.6 is 0 Å². The molecule has 0 bridgehead atoms. The zero-order valence-electron chi connectivity index (χ0n) is 8.92. The van der Waals surface area contributed by atoms with E-state index in [1.807, 2.05) is 26.0 Å². The Hall–Kier alpha value is -1.24. The highest BCUT2D eigenvalue weighted by Crippen LogP contribution is 2.24. The van der Waals surface area contributed by atoms with Crippen LogP contribution in [0.5, 0.6) is 5.75 Å². The third-order valence-corrected chi connectivity index (χ3v) is 2.22. The third kappa shape index (κ3) is 2.38. The summed E-state index contributed by atoms with van der Waals surface area (Å²) in [6.45, 7) is 12.4. The van der Waals surface area contributed by atoms with E-state index < -0.39 is 0 Å². The maximum atomic E-state index is 5.51. The van der Waals surface area contributed by atoms with Gasteiger partial charge in [-0.15, -0.1) is 6.58 Å². The minimum absolute atomic E-state index is 0.134. The minimum Gasteiger partial charge on any atom is -0.494 e. The maximum absolute atomic E-state index is 5.51. The van der Waals surface area contributed by atoms with Crippen LogP contribution in [0, 0.1) is 13.8 Å². The Bertz CT molecular complexity index is 315. The molecule has 0 N–H and O–H groups in total. The van der Waals surface area contributed by atoms with Crippen LogP contribution in [-0.2, 0) is 0 Å². The van der Waals surface area contributed by atoms with E-state index >= 15 is 0 Å². The number of hydrogen-bond donors (Lipinski definition) is 0. The lowest BCUT2D eigenvalue weighted by Crippen LogP contribution is -1.96. The van der Waals surface area contributed by atoms with Gasteiger partial charge in [-0.1, -0.05) is 18.2 Å². The van der Waals surface area contributed by atoms with Crippen molar-refractivity contribution in [1.29, 1.82) is 0 Å². The monoisotopic (exact) mass is 189 g/mol. The van der Waals surface area contributed by atoms with Crippen LogP contribution < -0.4 is 4.74 Å². The third-order valence-electron chi connectivity index (χ3n) is 2.22. The second-order valence-corrected chi connectivity index (χ2v) is 3.30. The largest absolute Gasteiger partial charge is 0.494 e. The minimum atomic E-state index is 0.134. The van der Waals surface area contributed by atoms with E-state index in [1.54, 1.807) is 0 Å². The molecule has 1 heteroatoms. The van der Waals surface area contributed by atoms with Gasteiger partial charge in [0, 0.05) is 5.92 Å². The van der Waals surface area contributed by atoms with Crippen molar-refractivity contribution >= 4 is 0 Å². The van der Waals surface area contributed by atoms with Crippen LogP contribution in [0.4, 0.5) is 0 Å². The number of aryl methyl sites for hydroxylation is 1. The quantitative estimate of drug-likeness (QED) is 0.659. The molecular weight excluding hydrogens is 172 g/mol. The van der Waals surface area contributed by atoms with Gasteiger partial charge in [0.1, 0.15) is 5.75 Å². The molecule has 0 aromatic heterocycles. The molecule has 0 heterocycles. The molecule has 0 aliphatic rings. The van der Waals surface area contributed by atoms with E-state index in [4.69, 9.17) is 4.74 Å². The first-order valence-electron chi connectivity index (χ1n) is 4.88. The van der Waals surface area contributed by atoms with Gasteiger partial charge in [-0.05, 0) is 38.0 Å². The predicted molar refractivity (Wildman–Crippen MR) is 60.6 cm³/mol. The van der Waals surface area contributed by atoms with E-state index in [1.165, 1.54) is 0 Å². The van der Waals surface area contributed by atoms with Gasteiger partial charge >= 0.3 is 0 Å². The maximum Gasteiger partial charge on any atom is 0.122 e. The molecule has 1 nitrogen and oxygen atoms in total. The summed E-state index contributed by atoms with van der Waals surface area (Å²) in [5.74, 6) is 1.08. The molecule has 0 aliphatic carbocycles. The molecule has 1 aromatic rings. The summed E-state index contributed by atoms with van der Waals surface area (Å²) in [6.07, 6.45) is 1.83. The Kier molecular flexibility index (Phi) is 3.75. The van der Waals surface area contributed by atoms with Gasteiger partial charge in [0.15, 0.2) is 0 Å². The van der Waals surface area contributed by atoms with Crippen LogP contribution in [0.15, 0.2) is 30.9 Å². The van der Waals surface area contributed by atoms with Crippen molar-refractivity contribution in [3.05, 3.63) is 48.9 Å². The molecule has 0 saturated carbocycles. The molecule has 0 amide bonds. The van der Waals surface area contributed by atoms with E-state index in [2.05, 4.69) is 25.6 Å². The van der Waals surface area contributed by atoms with E-state index in [-0.39, 0.29) is 5.92 Å². The fourth-order valence-electron chi connectivity index (χ4n) is 1.29. The molecule has 75 valence electrons. The summed E-state index contributed by atoms with van der Waals surface area (Å²) in [4.78, 5) is 0. The smallest absolute Gasteiger partial charge is 0.122 e. The summed E-state index contributed by atoms with van der Waals surface area (Å²) in [6, 6.07) is 6.16. The van der Waals surface area contributed by atoms with E-state index in [9.17, 15) is 0 Å². The number of allylic oxidation sites excluding steroid dienone is 1. The highest BCUT2D eigenvalue weighted by Gasteiger charge is 2.04. The predicted octanol–water partition coefficient (Wildman–Crippen LogP) is 3.50. The van der Waals surface area contributed by atoms with Gasteiger partial charge in [-0.3, -0.25) is 0 Å². The molecule has 1 radical (unpaired) electrons. The van der Waals surface area contributed by atoms with Crippen molar-refractivity contribution in [2.24, 2.45) is 0 Å². The van der Waals surface area contributed by atoms with Gasteiger partial charge in [0.25, 0.3) is 0 Å². The van der Waals surface area contributed by atoms with Crippen molar-refractivity contribution < 1.29 is 4.74 Å².